The second-order valence-electron chi connectivity index (χ2n) is 9.65. The number of fused-ring (bicyclic) bond motifs is 8. The van der Waals surface area contributed by atoms with Crippen molar-refractivity contribution in [2.45, 2.75) is 13.3 Å². The van der Waals surface area contributed by atoms with Gasteiger partial charge in [-0.15, -0.1) is 0 Å². The van der Waals surface area contributed by atoms with E-state index < -0.39 is 0 Å². The van der Waals surface area contributed by atoms with Gasteiger partial charge in [0.1, 0.15) is 0 Å². The molecule has 0 saturated carbocycles. The fraction of sp³-hybridized carbons (Fsp3) is 0.0556. The second kappa shape index (κ2) is 8.36. The van der Waals surface area contributed by atoms with Crippen molar-refractivity contribution in [2.24, 2.45) is 0 Å². The Labute approximate surface area is 211 Å². The minimum absolute atomic E-state index is 1.05. The van der Waals surface area contributed by atoms with Crippen LogP contribution in [0.4, 0.5) is 0 Å². The van der Waals surface area contributed by atoms with Crippen molar-refractivity contribution >= 4 is 43.1 Å². The largest absolute Gasteiger partial charge is 0.0616 e. The molecule has 0 heterocycles. The van der Waals surface area contributed by atoms with Crippen LogP contribution in [0.2, 0.25) is 0 Å². The zero-order chi connectivity index (χ0) is 24.1. The lowest BCUT2D eigenvalue weighted by atomic mass is 9.89. The first-order valence-corrected chi connectivity index (χ1v) is 12.8. The lowest BCUT2D eigenvalue weighted by Gasteiger charge is -2.14. The summed E-state index contributed by atoms with van der Waals surface area (Å²) in [6, 6.07) is 47.0. The van der Waals surface area contributed by atoms with E-state index in [1.54, 1.807) is 0 Å². The first-order chi connectivity index (χ1) is 17.8. The standard InChI is InChI=1S/C36H26/c1-2-24-9-7-11-26(21-24)27-12-8-13-28(22-27)29-18-19-32-34-20-17-25-10-3-4-14-30(25)36(34)33-16-6-5-15-31(33)35(32)23-29/h3-23H,2H2,1H3. The van der Waals surface area contributed by atoms with Gasteiger partial charge in [-0.25, -0.2) is 0 Å². The van der Waals surface area contributed by atoms with Gasteiger partial charge in [0.2, 0.25) is 0 Å². The highest BCUT2D eigenvalue weighted by molar-refractivity contribution is 6.31. The van der Waals surface area contributed by atoms with Crippen LogP contribution >= 0.6 is 0 Å². The van der Waals surface area contributed by atoms with Crippen molar-refractivity contribution in [3.05, 3.63) is 133 Å². The van der Waals surface area contributed by atoms with E-state index in [9.17, 15) is 0 Å². The van der Waals surface area contributed by atoms with Crippen LogP contribution < -0.4 is 0 Å². The zero-order valence-electron chi connectivity index (χ0n) is 20.3. The van der Waals surface area contributed by atoms with Crippen LogP contribution in [0.25, 0.3) is 65.3 Å². The molecule has 0 fully saturated rings. The second-order valence-corrected chi connectivity index (χ2v) is 9.65. The van der Waals surface area contributed by atoms with Gasteiger partial charge in [0.15, 0.2) is 0 Å². The quantitative estimate of drug-likeness (QED) is 0.231. The van der Waals surface area contributed by atoms with E-state index >= 15 is 0 Å². The molecule has 170 valence electrons. The summed E-state index contributed by atoms with van der Waals surface area (Å²) in [5.41, 5.74) is 6.41. The third-order valence-electron chi connectivity index (χ3n) is 7.59. The predicted octanol–water partition coefficient (Wildman–Crippen LogP) is 10.2. The maximum Gasteiger partial charge on any atom is -0.00204 e. The molecule has 0 nitrogen and oxygen atoms in total. The molecule has 0 radical (unpaired) electrons. The minimum Gasteiger partial charge on any atom is -0.0616 e. The molecule has 0 bridgehead atoms. The Morgan fingerprint density at radius 3 is 1.78 bits per heavy atom. The number of aryl methyl sites for hydroxylation is 1. The van der Waals surface area contributed by atoms with Crippen LogP contribution in [0.5, 0.6) is 0 Å². The molecule has 0 aromatic heterocycles. The molecule has 0 atom stereocenters. The van der Waals surface area contributed by atoms with Crippen molar-refractivity contribution < 1.29 is 0 Å². The molecule has 36 heavy (non-hydrogen) atoms. The SMILES string of the molecule is CCc1cccc(-c2cccc(-c3ccc4c(c3)c3ccccc3c3c5ccccc5ccc43)c2)c1. The summed E-state index contributed by atoms with van der Waals surface area (Å²) >= 11 is 0. The van der Waals surface area contributed by atoms with Crippen LogP contribution in [-0.2, 0) is 6.42 Å². The maximum absolute atomic E-state index is 2.38. The number of hydrogen-bond acceptors (Lipinski definition) is 0. The molecule has 0 aliphatic carbocycles. The number of hydrogen-bond donors (Lipinski definition) is 0. The summed E-state index contributed by atoms with van der Waals surface area (Å²) in [6.45, 7) is 2.21. The fourth-order valence-corrected chi connectivity index (χ4v) is 5.75. The molecule has 0 saturated heterocycles. The summed E-state index contributed by atoms with van der Waals surface area (Å²) < 4.78 is 0. The molecule has 0 unspecified atom stereocenters. The van der Waals surface area contributed by atoms with Gasteiger partial charge in [-0.1, -0.05) is 122 Å². The lowest BCUT2D eigenvalue weighted by Crippen LogP contribution is -1.87. The Morgan fingerprint density at radius 1 is 0.389 bits per heavy atom. The Hall–Kier alpha value is -4.42. The molecule has 7 aromatic rings. The Balaban J connectivity index is 1.48. The summed E-state index contributed by atoms with van der Waals surface area (Å²) in [7, 11) is 0. The van der Waals surface area contributed by atoms with Gasteiger partial charge < -0.3 is 0 Å². The van der Waals surface area contributed by atoms with Crippen LogP contribution in [0.3, 0.4) is 0 Å². The topological polar surface area (TPSA) is 0 Å². The summed E-state index contributed by atoms with van der Waals surface area (Å²) in [5, 5.41) is 10.5. The maximum atomic E-state index is 2.38. The Bertz CT molecular complexity index is 1900. The summed E-state index contributed by atoms with van der Waals surface area (Å²) in [5.74, 6) is 0. The zero-order valence-corrected chi connectivity index (χ0v) is 20.3. The van der Waals surface area contributed by atoms with E-state index in [0.717, 1.165) is 6.42 Å². The van der Waals surface area contributed by atoms with E-state index in [1.807, 2.05) is 0 Å². The van der Waals surface area contributed by atoms with Gasteiger partial charge >= 0.3 is 0 Å². The van der Waals surface area contributed by atoms with Crippen molar-refractivity contribution in [1.82, 2.24) is 0 Å². The molecule has 0 heteroatoms. The average molecular weight is 459 g/mol. The molecule has 7 rings (SSSR count). The van der Waals surface area contributed by atoms with Gasteiger partial charge in [-0.2, -0.15) is 0 Å². The van der Waals surface area contributed by atoms with E-state index in [2.05, 4.69) is 134 Å². The third kappa shape index (κ3) is 3.30. The normalized spacial score (nSPS) is 11.6. The van der Waals surface area contributed by atoms with E-state index in [-0.39, 0.29) is 0 Å². The smallest absolute Gasteiger partial charge is 0.00204 e. The summed E-state index contributed by atoms with van der Waals surface area (Å²) in [6.07, 6.45) is 1.05. The molecule has 0 spiro atoms. The molecule has 0 aliphatic rings. The highest BCUT2D eigenvalue weighted by atomic mass is 14.2. The van der Waals surface area contributed by atoms with Gasteiger partial charge in [-0.05, 0) is 89.5 Å². The molecule has 0 aliphatic heterocycles. The molecule has 0 amide bonds. The van der Waals surface area contributed by atoms with Crippen LogP contribution in [-0.4, -0.2) is 0 Å². The van der Waals surface area contributed by atoms with Crippen LogP contribution in [0.1, 0.15) is 12.5 Å². The van der Waals surface area contributed by atoms with Gasteiger partial charge in [0.05, 0.1) is 0 Å². The lowest BCUT2D eigenvalue weighted by molar-refractivity contribution is 1.14. The first kappa shape index (κ1) is 20.9. The van der Waals surface area contributed by atoms with Crippen LogP contribution in [0.15, 0.2) is 127 Å². The van der Waals surface area contributed by atoms with Crippen molar-refractivity contribution in [1.29, 1.82) is 0 Å². The van der Waals surface area contributed by atoms with Gasteiger partial charge in [0.25, 0.3) is 0 Å². The third-order valence-corrected chi connectivity index (χ3v) is 7.59. The monoisotopic (exact) mass is 458 g/mol. The number of benzene rings is 7. The summed E-state index contributed by atoms with van der Waals surface area (Å²) in [4.78, 5) is 0. The highest BCUT2D eigenvalue weighted by Gasteiger charge is 2.12. The Morgan fingerprint density at radius 2 is 0.972 bits per heavy atom. The number of rotatable bonds is 3. The first-order valence-electron chi connectivity index (χ1n) is 12.8. The van der Waals surface area contributed by atoms with Crippen molar-refractivity contribution in [2.75, 3.05) is 0 Å². The minimum atomic E-state index is 1.05. The van der Waals surface area contributed by atoms with E-state index in [1.165, 1.54) is 70.9 Å². The van der Waals surface area contributed by atoms with Gasteiger partial charge in [-0.3, -0.25) is 0 Å². The van der Waals surface area contributed by atoms with Crippen LogP contribution in [0, 0.1) is 0 Å². The Kier molecular flexibility index (Phi) is 4.85. The molecular weight excluding hydrogens is 432 g/mol. The average Bonchev–Trinajstić information content (AvgIpc) is 2.96. The van der Waals surface area contributed by atoms with Crippen molar-refractivity contribution in [3.8, 4) is 22.3 Å². The molecular formula is C36H26. The molecule has 0 N–H and O–H groups in total. The van der Waals surface area contributed by atoms with Crippen molar-refractivity contribution in [3.63, 3.8) is 0 Å². The van der Waals surface area contributed by atoms with E-state index in [0.29, 0.717) is 0 Å². The van der Waals surface area contributed by atoms with E-state index in [4.69, 9.17) is 0 Å². The molecule has 7 aromatic carbocycles. The highest BCUT2D eigenvalue weighted by Crippen LogP contribution is 2.40. The predicted molar refractivity (Wildman–Crippen MR) is 157 cm³/mol. The van der Waals surface area contributed by atoms with Gasteiger partial charge in [0, 0.05) is 0 Å². The fourth-order valence-electron chi connectivity index (χ4n) is 5.75.